The van der Waals surface area contributed by atoms with Gasteiger partial charge in [0.25, 0.3) is 11.5 Å². The third kappa shape index (κ3) is 3.70. The van der Waals surface area contributed by atoms with Crippen LogP contribution in [-0.2, 0) is 4.74 Å². The van der Waals surface area contributed by atoms with Gasteiger partial charge in [-0.25, -0.2) is 0 Å². The Morgan fingerprint density at radius 2 is 1.96 bits per heavy atom. The molecule has 132 valence electrons. The number of hydrogen-bond donors (Lipinski definition) is 0. The molecule has 0 spiro atoms. The number of carbonyl (C=O) groups is 1. The highest BCUT2D eigenvalue weighted by atomic mass is 16.5. The predicted molar refractivity (Wildman–Crippen MR) is 92.5 cm³/mol. The van der Waals surface area contributed by atoms with Gasteiger partial charge in [0, 0.05) is 58.7 Å². The first-order valence-electron chi connectivity index (χ1n) is 8.84. The van der Waals surface area contributed by atoms with Gasteiger partial charge in [-0.3, -0.25) is 14.5 Å². The third-order valence-electron chi connectivity index (χ3n) is 4.96. The number of hydrogen-bond acceptors (Lipinski definition) is 4. The van der Waals surface area contributed by atoms with E-state index in [1.165, 1.54) is 0 Å². The Morgan fingerprint density at radius 1 is 1.25 bits per heavy atom. The average Bonchev–Trinajstić information content (AvgIpc) is 3.40. The molecule has 0 N–H and O–H groups in total. The molecule has 0 bridgehead atoms. The van der Waals surface area contributed by atoms with Crippen LogP contribution in [0.15, 0.2) is 17.1 Å². The summed E-state index contributed by atoms with van der Waals surface area (Å²) in [5.74, 6) is -0.107. The molecule has 6 heteroatoms. The molecule has 2 heterocycles. The largest absolute Gasteiger partial charge is 0.385 e. The molecule has 0 aromatic carbocycles. The van der Waals surface area contributed by atoms with Crippen molar-refractivity contribution in [2.24, 2.45) is 0 Å². The van der Waals surface area contributed by atoms with Crippen LogP contribution in [0.1, 0.15) is 41.2 Å². The van der Waals surface area contributed by atoms with Crippen molar-refractivity contribution in [3.63, 3.8) is 0 Å². The van der Waals surface area contributed by atoms with E-state index >= 15 is 0 Å². The smallest absolute Gasteiger partial charge is 0.263 e. The summed E-state index contributed by atoms with van der Waals surface area (Å²) < 4.78 is 6.82. The maximum absolute atomic E-state index is 12.9. The molecule has 0 atom stereocenters. The molecule has 0 unspecified atom stereocenters. The second-order valence-corrected chi connectivity index (χ2v) is 6.80. The average molecular weight is 333 g/mol. The first kappa shape index (κ1) is 17.2. The molecule has 2 aliphatic rings. The summed E-state index contributed by atoms with van der Waals surface area (Å²) in [6.45, 7) is 6.70. The van der Waals surface area contributed by atoms with Crippen LogP contribution in [0.25, 0.3) is 0 Å². The van der Waals surface area contributed by atoms with Crippen LogP contribution in [-0.4, -0.2) is 66.7 Å². The van der Waals surface area contributed by atoms with Gasteiger partial charge in [-0.15, -0.1) is 0 Å². The minimum absolute atomic E-state index is 0.107. The number of piperazine rings is 1. The van der Waals surface area contributed by atoms with Crippen molar-refractivity contribution in [2.45, 2.75) is 32.2 Å². The van der Waals surface area contributed by atoms with Crippen LogP contribution in [0.4, 0.5) is 0 Å². The maximum atomic E-state index is 12.9. The van der Waals surface area contributed by atoms with E-state index in [9.17, 15) is 9.59 Å². The Labute approximate surface area is 143 Å². The molecule has 3 rings (SSSR count). The highest BCUT2D eigenvalue weighted by Crippen LogP contribution is 2.33. The van der Waals surface area contributed by atoms with Crippen LogP contribution >= 0.6 is 0 Å². The fourth-order valence-corrected chi connectivity index (χ4v) is 3.31. The Kier molecular flexibility index (Phi) is 5.36. The van der Waals surface area contributed by atoms with Gasteiger partial charge >= 0.3 is 0 Å². The summed E-state index contributed by atoms with van der Waals surface area (Å²) in [4.78, 5) is 29.7. The highest BCUT2D eigenvalue weighted by molar-refractivity contribution is 5.95. The molecule has 0 radical (unpaired) electrons. The first-order chi connectivity index (χ1) is 11.6. The molecule has 24 heavy (non-hydrogen) atoms. The number of pyridine rings is 1. The number of carbonyl (C=O) groups excluding carboxylic acids is 1. The molecule has 1 saturated heterocycles. The zero-order valence-corrected chi connectivity index (χ0v) is 14.7. The zero-order chi connectivity index (χ0) is 17.1. The second kappa shape index (κ2) is 7.49. The number of methoxy groups -OCH3 is 1. The van der Waals surface area contributed by atoms with Gasteiger partial charge in [-0.05, 0) is 37.8 Å². The Balaban J connectivity index is 1.65. The van der Waals surface area contributed by atoms with Crippen LogP contribution in [0, 0.1) is 6.92 Å². The van der Waals surface area contributed by atoms with Crippen LogP contribution in [0.5, 0.6) is 0 Å². The SMILES string of the molecule is COCCCN1CCN(C(=O)c2c(C)ccn(C3CC3)c2=O)CC1. The van der Waals surface area contributed by atoms with Gasteiger partial charge in [0.2, 0.25) is 0 Å². The molecule has 1 aromatic heterocycles. The van der Waals surface area contributed by atoms with Gasteiger partial charge < -0.3 is 14.2 Å². The van der Waals surface area contributed by atoms with Crippen molar-refractivity contribution >= 4 is 5.91 Å². The Morgan fingerprint density at radius 3 is 2.58 bits per heavy atom. The molecule has 1 aromatic rings. The van der Waals surface area contributed by atoms with Crippen molar-refractivity contribution in [2.75, 3.05) is 46.4 Å². The first-order valence-corrected chi connectivity index (χ1v) is 8.84. The summed E-state index contributed by atoms with van der Waals surface area (Å²) in [7, 11) is 1.72. The van der Waals surface area contributed by atoms with E-state index in [0.717, 1.165) is 51.1 Å². The molecule has 1 aliphatic heterocycles. The van der Waals surface area contributed by atoms with Crippen molar-refractivity contribution in [3.8, 4) is 0 Å². The fraction of sp³-hybridized carbons (Fsp3) is 0.667. The molecule has 1 amide bonds. The quantitative estimate of drug-likeness (QED) is 0.736. The van der Waals surface area contributed by atoms with Gasteiger partial charge in [-0.2, -0.15) is 0 Å². The maximum Gasteiger partial charge on any atom is 0.263 e. The van der Waals surface area contributed by atoms with E-state index in [2.05, 4.69) is 4.90 Å². The lowest BCUT2D eigenvalue weighted by atomic mass is 10.1. The van der Waals surface area contributed by atoms with Crippen molar-refractivity contribution in [3.05, 3.63) is 33.7 Å². The molecule has 6 nitrogen and oxygen atoms in total. The predicted octanol–water partition coefficient (Wildman–Crippen LogP) is 1.29. The highest BCUT2D eigenvalue weighted by Gasteiger charge is 2.29. The number of rotatable bonds is 6. The third-order valence-corrected chi connectivity index (χ3v) is 4.96. The van der Waals surface area contributed by atoms with E-state index in [0.29, 0.717) is 24.7 Å². The van der Waals surface area contributed by atoms with E-state index in [1.807, 2.05) is 24.1 Å². The lowest BCUT2D eigenvalue weighted by Crippen LogP contribution is -2.50. The number of aromatic nitrogens is 1. The summed E-state index contributed by atoms with van der Waals surface area (Å²) in [6, 6.07) is 2.19. The number of nitrogens with zero attached hydrogens (tertiary/aromatic N) is 3. The number of amides is 1. The standard InChI is InChI=1S/C18H27N3O3/c1-14-6-8-21(15-4-5-15)18(23)16(14)17(22)20-11-9-19(10-12-20)7-3-13-24-2/h6,8,15H,3-5,7,9-13H2,1-2H3. The van der Waals surface area contributed by atoms with Crippen LogP contribution in [0.2, 0.25) is 0 Å². The lowest BCUT2D eigenvalue weighted by Gasteiger charge is -2.34. The Hall–Kier alpha value is -1.66. The van der Waals surface area contributed by atoms with E-state index in [4.69, 9.17) is 4.74 Å². The van der Waals surface area contributed by atoms with Gasteiger partial charge in [0.1, 0.15) is 5.56 Å². The van der Waals surface area contributed by atoms with Crippen LogP contribution in [0.3, 0.4) is 0 Å². The topological polar surface area (TPSA) is 54.8 Å². The van der Waals surface area contributed by atoms with Gasteiger partial charge in [-0.1, -0.05) is 0 Å². The van der Waals surface area contributed by atoms with Crippen molar-refractivity contribution in [1.82, 2.24) is 14.4 Å². The minimum Gasteiger partial charge on any atom is -0.385 e. The van der Waals surface area contributed by atoms with Gasteiger partial charge in [0.15, 0.2) is 0 Å². The summed E-state index contributed by atoms with van der Waals surface area (Å²) in [6.07, 6.45) is 4.92. The van der Waals surface area contributed by atoms with Crippen molar-refractivity contribution in [1.29, 1.82) is 0 Å². The lowest BCUT2D eigenvalue weighted by molar-refractivity contribution is 0.0621. The second-order valence-electron chi connectivity index (χ2n) is 6.80. The summed E-state index contributed by atoms with van der Waals surface area (Å²) >= 11 is 0. The van der Waals surface area contributed by atoms with Gasteiger partial charge in [0.05, 0.1) is 0 Å². The Bertz CT molecular complexity index is 643. The molecule has 2 fully saturated rings. The van der Waals surface area contributed by atoms with E-state index in [-0.39, 0.29) is 11.5 Å². The van der Waals surface area contributed by atoms with Crippen molar-refractivity contribution < 1.29 is 9.53 Å². The van der Waals surface area contributed by atoms with E-state index in [1.54, 1.807) is 11.7 Å². The van der Waals surface area contributed by atoms with Crippen LogP contribution < -0.4 is 5.56 Å². The molecule has 1 aliphatic carbocycles. The summed E-state index contributed by atoms with van der Waals surface area (Å²) in [5.41, 5.74) is 1.02. The monoisotopic (exact) mass is 333 g/mol. The molecular formula is C18H27N3O3. The minimum atomic E-state index is -0.120. The number of aryl methyl sites for hydroxylation is 1. The fourth-order valence-electron chi connectivity index (χ4n) is 3.31. The molecule has 1 saturated carbocycles. The summed E-state index contributed by atoms with van der Waals surface area (Å²) in [5, 5.41) is 0. The van der Waals surface area contributed by atoms with E-state index < -0.39 is 0 Å². The normalized spacial score (nSPS) is 18.8. The molecular weight excluding hydrogens is 306 g/mol. The number of ether oxygens (including phenoxy) is 1. The zero-order valence-electron chi connectivity index (χ0n) is 14.7.